The Balaban J connectivity index is 0.00000161. The van der Waals surface area contributed by atoms with Crippen LogP contribution in [-0.4, -0.2) is 28.2 Å². The molecule has 2 N–H and O–H groups in total. The van der Waals surface area contributed by atoms with Gasteiger partial charge >= 0.3 is 0 Å². The van der Waals surface area contributed by atoms with Gasteiger partial charge in [-0.25, -0.2) is 0 Å². The van der Waals surface area contributed by atoms with Crippen molar-refractivity contribution in [2.75, 3.05) is 5.32 Å². The summed E-state index contributed by atoms with van der Waals surface area (Å²) in [6, 6.07) is 1.28. The Kier molecular flexibility index (Phi) is 5.57. The lowest BCUT2D eigenvalue weighted by Crippen LogP contribution is -2.39. The number of aromatic nitrogens is 2. The number of fused-ring (bicyclic) bond motifs is 2. The predicted molar refractivity (Wildman–Crippen MR) is 87.2 cm³/mol. The van der Waals surface area contributed by atoms with Gasteiger partial charge in [0.15, 0.2) is 0 Å². The second-order valence-corrected chi connectivity index (χ2v) is 7.34. The smallest absolute Gasteiger partial charge is 0.226 e. The minimum atomic E-state index is 0. The van der Waals surface area contributed by atoms with Gasteiger partial charge in [-0.15, -0.1) is 22.6 Å². The molecule has 118 valence electrons. The second-order valence-electron chi connectivity index (χ2n) is 6.33. The highest BCUT2D eigenvalue weighted by atomic mass is 35.5. The Morgan fingerprint density at radius 3 is 2.57 bits per heavy atom. The van der Waals surface area contributed by atoms with Crippen LogP contribution in [-0.2, 0) is 4.79 Å². The van der Waals surface area contributed by atoms with E-state index in [1.807, 2.05) is 0 Å². The Hall–Kier alpha value is -0.720. The third-order valence-electron chi connectivity index (χ3n) is 4.23. The van der Waals surface area contributed by atoms with Gasteiger partial charge in [-0.3, -0.25) is 4.79 Å². The summed E-state index contributed by atoms with van der Waals surface area (Å²) in [5.41, 5.74) is 0. The van der Waals surface area contributed by atoms with Crippen LogP contribution >= 0.6 is 23.7 Å². The lowest BCUT2D eigenvalue weighted by atomic mass is 9.89. The average molecular weight is 331 g/mol. The van der Waals surface area contributed by atoms with Crippen LogP contribution in [0, 0.1) is 5.92 Å². The van der Waals surface area contributed by atoms with Crippen LogP contribution in [0.4, 0.5) is 5.13 Å². The first kappa shape index (κ1) is 16.6. The van der Waals surface area contributed by atoms with Gasteiger partial charge < -0.3 is 10.6 Å². The molecule has 2 aliphatic heterocycles. The number of carbonyl (C=O) groups excluding carboxylic acids is 1. The number of halogens is 1. The van der Waals surface area contributed by atoms with Gasteiger partial charge in [0.1, 0.15) is 5.01 Å². The maximum atomic E-state index is 12.1. The van der Waals surface area contributed by atoms with E-state index in [2.05, 4.69) is 34.7 Å². The summed E-state index contributed by atoms with van der Waals surface area (Å²) in [6.45, 7) is 4.16. The average Bonchev–Trinajstić information content (AvgIpc) is 2.96. The van der Waals surface area contributed by atoms with Gasteiger partial charge in [0.05, 0.1) is 0 Å². The molecule has 2 atom stereocenters. The number of nitrogens with one attached hydrogen (secondary N) is 2. The third-order valence-corrected chi connectivity index (χ3v) is 5.36. The van der Waals surface area contributed by atoms with Gasteiger partial charge in [-0.05, 0) is 31.6 Å². The number of amides is 1. The standard InChI is InChI=1S/C14H22N4OS.ClH/c1-8(2)13-17-18-14(20-13)16-12(19)7-9-5-10-3-4-11(6-9)15-10;/h8-11,15H,3-7H2,1-2H3,(H,16,18,19);1H. The van der Waals surface area contributed by atoms with Crippen molar-refractivity contribution < 1.29 is 4.79 Å². The predicted octanol–water partition coefficient (Wildman–Crippen LogP) is 2.94. The van der Waals surface area contributed by atoms with E-state index in [-0.39, 0.29) is 18.3 Å². The quantitative estimate of drug-likeness (QED) is 0.890. The highest BCUT2D eigenvalue weighted by molar-refractivity contribution is 7.15. The molecule has 3 heterocycles. The van der Waals surface area contributed by atoms with Gasteiger partial charge in [0, 0.05) is 24.4 Å². The molecule has 0 radical (unpaired) electrons. The van der Waals surface area contributed by atoms with Crippen LogP contribution in [0.3, 0.4) is 0 Å². The summed E-state index contributed by atoms with van der Waals surface area (Å²) in [5, 5.41) is 16.2. The van der Waals surface area contributed by atoms with Crippen molar-refractivity contribution in [3.8, 4) is 0 Å². The molecule has 0 aromatic carbocycles. The van der Waals surface area contributed by atoms with E-state index in [4.69, 9.17) is 0 Å². The second kappa shape index (κ2) is 7.03. The fourth-order valence-electron chi connectivity index (χ4n) is 3.29. The zero-order valence-electron chi connectivity index (χ0n) is 12.5. The highest BCUT2D eigenvalue weighted by Gasteiger charge is 2.34. The highest BCUT2D eigenvalue weighted by Crippen LogP contribution is 2.33. The number of hydrogen-bond donors (Lipinski definition) is 2. The molecule has 0 aliphatic carbocycles. The zero-order valence-corrected chi connectivity index (χ0v) is 14.1. The molecule has 0 spiro atoms. The topological polar surface area (TPSA) is 66.9 Å². The Morgan fingerprint density at radius 2 is 2.00 bits per heavy atom. The Bertz CT molecular complexity index is 481. The fraction of sp³-hybridized carbons (Fsp3) is 0.786. The summed E-state index contributed by atoms with van der Waals surface area (Å²) in [4.78, 5) is 12.1. The van der Waals surface area contributed by atoms with Crippen molar-refractivity contribution in [3.63, 3.8) is 0 Å². The number of rotatable bonds is 4. The molecular weight excluding hydrogens is 308 g/mol. The number of carbonyl (C=O) groups is 1. The van der Waals surface area contributed by atoms with Crippen LogP contribution < -0.4 is 10.6 Å². The molecule has 1 aromatic rings. The van der Waals surface area contributed by atoms with E-state index in [0.29, 0.717) is 35.5 Å². The third kappa shape index (κ3) is 4.14. The summed E-state index contributed by atoms with van der Waals surface area (Å²) in [6.07, 6.45) is 5.44. The molecule has 5 nitrogen and oxygen atoms in total. The molecule has 2 saturated heterocycles. The SMILES string of the molecule is CC(C)c1nnc(NC(=O)CC2CC3CCC(C2)N3)s1.Cl. The minimum Gasteiger partial charge on any atom is -0.311 e. The first-order chi connectivity index (χ1) is 9.60. The molecular formula is C14H23ClN4OS. The zero-order chi connectivity index (χ0) is 14.1. The summed E-state index contributed by atoms with van der Waals surface area (Å²) in [7, 11) is 0. The monoisotopic (exact) mass is 330 g/mol. The number of hydrogen-bond acceptors (Lipinski definition) is 5. The summed E-state index contributed by atoms with van der Waals surface area (Å²) >= 11 is 1.48. The van der Waals surface area contributed by atoms with Crippen LogP contribution in [0.25, 0.3) is 0 Å². The lowest BCUT2D eigenvalue weighted by Gasteiger charge is -2.28. The minimum absolute atomic E-state index is 0. The normalized spacial score (nSPS) is 27.5. The maximum Gasteiger partial charge on any atom is 0.226 e. The molecule has 1 aromatic heterocycles. The van der Waals surface area contributed by atoms with Crippen LogP contribution in [0.5, 0.6) is 0 Å². The first-order valence-corrected chi connectivity index (χ1v) is 8.31. The van der Waals surface area contributed by atoms with Gasteiger partial charge in [-0.2, -0.15) is 0 Å². The van der Waals surface area contributed by atoms with Gasteiger partial charge in [0.25, 0.3) is 0 Å². The van der Waals surface area contributed by atoms with Crippen molar-refractivity contribution in [2.24, 2.45) is 5.92 Å². The largest absolute Gasteiger partial charge is 0.311 e. The summed E-state index contributed by atoms with van der Waals surface area (Å²) < 4.78 is 0. The van der Waals surface area contributed by atoms with Gasteiger partial charge in [0.2, 0.25) is 11.0 Å². The van der Waals surface area contributed by atoms with Crippen molar-refractivity contribution in [1.29, 1.82) is 0 Å². The van der Waals surface area contributed by atoms with Crippen molar-refractivity contribution in [3.05, 3.63) is 5.01 Å². The number of piperidine rings is 1. The molecule has 2 unspecified atom stereocenters. The molecule has 2 fully saturated rings. The van der Waals surface area contributed by atoms with Crippen LogP contribution in [0.1, 0.15) is 56.9 Å². The molecule has 3 rings (SSSR count). The van der Waals surface area contributed by atoms with E-state index < -0.39 is 0 Å². The van der Waals surface area contributed by atoms with Crippen LogP contribution in [0.2, 0.25) is 0 Å². The Labute approximate surface area is 135 Å². The lowest BCUT2D eigenvalue weighted by molar-refractivity contribution is -0.117. The fourth-order valence-corrected chi connectivity index (χ4v) is 4.05. The van der Waals surface area contributed by atoms with Crippen LogP contribution in [0.15, 0.2) is 0 Å². The van der Waals surface area contributed by atoms with Crippen molar-refractivity contribution in [2.45, 2.75) is 64.0 Å². The van der Waals surface area contributed by atoms with Crippen molar-refractivity contribution >= 4 is 34.8 Å². The molecule has 7 heteroatoms. The van der Waals surface area contributed by atoms with E-state index in [0.717, 1.165) is 17.8 Å². The molecule has 21 heavy (non-hydrogen) atoms. The van der Waals surface area contributed by atoms with Gasteiger partial charge in [-0.1, -0.05) is 25.2 Å². The van der Waals surface area contributed by atoms with E-state index >= 15 is 0 Å². The number of nitrogens with zero attached hydrogens (tertiary/aromatic N) is 2. The van der Waals surface area contributed by atoms with E-state index in [1.54, 1.807) is 0 Å². The summed E-state index contributed by atoms with van der Waals surface area (Å²) in [5.74, 6) is 0.965. The molecule has 1 amide bonds. The number of anilines is 1. The molecule has 2 aliphatic rings. The molecule has 0 saturated carbocycles. The van der Waals surface area contributed by atoms with E-state index in [9.17, 15) is 4.79 Å². The maximum absolute atomic E-state index is 12.1. The first-order valence-electron chi connectivity index (χ1n) is 7.49. The molecule has 2 bridgehead atoms. The van der Waals surface area contributed by atoms with E-state index in [1.165, 1.54) is 24.2 Å². The van der Waals surface area contributed by atoms with Crippen molar-refractivity contribution in [1.82, 2.24) is 15.5 Å². The Morgan fingerprint density at radius 1 is 1.33 bits per heavy atom.